The van der Waals surface area contributed by atoms with Crippen LogP contribution in [0.3, 0.4) is 0 Å². The Morgan fingerprint density at radius 2 is 2.38 bits per heavy atom. The second-order valence-electron chi connectivity index (χ2n) is 6.15. The van der Waals surface area contributed by atoms with Gasteiger partial charge in [-0.15, -0.1) is 11.3 Å². The molecule has 0 bridgehead atoms. The van der Waals surface area contributed by atoms with Crippen molar-refractivity contribution in [2.45, 2.75) is 32.4 Å². The first-order chi connectivity index (χ1) is 11.6. The Morgan fingerprint density at radius 3 is 3.12 bits per heavy atom. The van der Waals surface area contributed by atoms with Gasteiger partial charge in [-0.25, -0.2) is 9.97 Å². The molecule has 0 radical (unpaired) electrons. The zero-order valence-corrected chi connectivity index (χ0v) is 14.6. The Morgan fingerprint density at radius 1 is 1.50 bits per heavy atom. The third-order valence-electron chi connectivity index (χ3n) is 4.41. The van der Waals surface area contributed by atoms with Gasteiger partial charge in [0, 0.05) is 43.0 Å². The number of primary amides is 1. The molecule has 3 heterocycles. The number of nitrogens with two attached hydrogens (primary N) is 1. The Labute approximate surface area is 146 Å². The minimum Gasteiger partial charge on any atom is -0.369 e. The Balaban J connectivity index is 1.69. The van der Waals surface area contributed by atoms with Crippen LogP contribution in [0.15, 0.2) is 29.9 Å². The number of carbonyl (C=O) groups is 1. The average molecular weight is 345 g/mol. The molecule has 0 saturated carbocycles. The third-order valence-corrected chi connectivity index (χ3v) is 5.37. The summed E-state index contributed by atoms with van der Waals surface area (Å²) in [5.41, 5.74) is 6.62. The minimum atomic E-state index is -0.215. The van der Waals surface area contributed by atoms with Crippen molar-refractivity contribution >= 4 is 23.1 Å². The van der Waals surface area contributed by atoms with E-state index < -0.39 is 0 Å². The topological polar surface area (TPSA) is 84.1 Å². The molecule has 0 aromatic carbocycles. The zero-order valence-electron chi connectivity index (χ0n) is 13.8. The number of anilines is 1. The minimum absolute atomic E-state index is 0.0872. The Kier molecular flexibility index (Phi) is 5.42. The number of thiazole rings is 1. The highest BCUT2D eigenvalue weighted by Crippen LogP contribution is 2.25. The monoisotopic (exact) mass is 345 g/mol. The molecular formula is C17H23N5OS. The van der Waals surface area contributed by atoms with Crippen LogP contribution in [0.2, 0.25) is 0 Å². The van der Waals surface area contributed by atoms with Gasteiger partial charge in [-0.2, -0.15) is 0 Å². The lowest BCUT2D eigenvalue weighted by atomic mass is 9.97. The van der Waals surface area contributed by atoms with Gasteiger partial charge in [0.2, 0.25) is 5.91 Å². The van der Waals surface area contributed by atoms with Crippen LogP contribution in [0.5, 0.6) is 0 Å². The van der Waals surface area contributed by atoms with Crippen LogP contribution in [-0.2, 0) is 11.3 Å². The first kappa shape index (κ1) is 16.9. The van der Waals surface area contributed by atoms with Crippen LogP contribution in [0, 0.1) is 5.92 Å². The quantitative estimate of drug-likeness (QED) is 0.837. The number of nitrogens with zero attached hydrogens (tertiary/aromatic N) is 3. The lowest BCUT2D eigenvalue weighted by Gasteiger charge is -2.33. The van der Waals surface area contributed by atoms with E-state index in [0.717, 1.165) is 35.8 Å². The summed E-state index contributed by atoms with van der Waals surface area (Å²) < 4.78 is 0. The summed E-state index contributed by atoms with van der Waals surface area (Å²) in [6.45, 7) is 4.39. The number of amides is 1. The summed E-state index contributed by atoms with van der Waals surface area (Å²) >= 11 is 1.65. The highest BCUT2D eigenvalue weighted by Gasteiger charge is 2.26. The number of hydrogen-bond acceptors (Lipinski definition) is 6. The van der Waals surface area contributed by atoms with E-state index in [1.165, 1.54) is 0 Å². The predicted octanol–water partition coefficient (Wildman–Crippen LogP) is 2.09. The molecule has 3 rings (SSSR count). The first-order valence-electron chi connectivity index (χ1n) is 8.26. The SMILES string of the molecule is CC(NCc1cccnc1N1CCCC(C(N)=O)C1)c1nccs1. The molecule has 1 aliphatic rings. The maximum Gasteiger partial charge on any atom is 0.222 e. The van der Waals surface area contributed by atoms with Crippen molar-refractivity contribution in [3.63, 3.8) is 0 Å². The van der Waals surface area contributed by atoms with Crippen LogP contribution in [0.4, 0.5) is 5.82 Å². The molecule has 7 heteroatoms. The maximum atomic E-state index is 11.5. The fourth-order valence-electron chi connectivity index (χ4n) is 3.05. The number of pyridine rings is 1. The molecular weight excluding hydrogens is 322 g/mol. The van der Waals surface area contributed by atoms with E-state index in [9.17, 15) is 4.79 Å². The molecule has 2 aromatic rings. The van der Waals surface area contributed by atoms with Gasteiger partial charge < -0.3 is 16.0 Å². The molecule has 1 amide bonds. The standard InChI is InChI=1S/C17H23N5OS/c1-12(17-20-7-9-24-17)21-10-13-4-2-6-19-16(13)22-8-3-5-14(11-22)15(18)23/h2,4,6-7,9,12,14,21H,3,5,8,10-11H2,1H3,(H2,18,23). The van der Waals surface area contributed by atoms with Crippen LogP contribution >= 0.6 is 11.3 Å². The second-order valence-corrected chi connectivity index (χ2v) is 7.07. The van der Waals surface area contributed by atoms with E-state index in [2.05, 4.69) is 33.2 Å². The summed E-state index contributed by atoms with van der Waals surface area (Å²) in [6, 6.07) is 4.22. The summed E-state index contributed by atoms with van der Waals surface area (Å²) in [5, 5.41) is 6.57. The fraction of sp³-hybridized carbons (Fsp3) is 0.471. The van der Waals surface area contributed by atoms with Gasteiger partial charge in [-0.1, -0.05) is 6.07 Å². The molecule has 3 N–H and O–H groups in total. The van der Waals surface area contributed by atoms with E-state index >= 15 is 0 Å². The van der Waals surface area contributed by atoms with E-state index in [4.69, 9.17) is 5.73 Å². The summed E-state index contributed by atoms with van der Waals surface area (Å²) in [5.74, 6) is 0.644. The van der Waals surface area contributed by atoms with Gasteiger partial charge in [0.25, 0.3) is 0 Å². The largest absolute Gasteiger partial charge is 0.369 e. The average Bonchev–Trinajstić information content (AvgIpc) is 3.15. The van der Waals surface area contributed by atoms with Crippen LogP contribution in [-0.4, -0.2) is 29.0 Å². The molecule has 1 aliphatic heterocycles. The number of carbonyl (C=O) groups excluding carboxylic acids is 1. The number of hydrogen-bond donors (Lipinski definition) is 2. The van der Waals surface area contributed by atoms with Crippen molar-refractivity contribution < 1.29 is 4.79 Å². The van der Waals surface area contributed by atoms with Gasteiger partial charge >= 0.3 is 0 Å². The van der Waals surface area contributed by atoms with E-state index in [0.29, 0.717) is 13.1 Å². The van der Waals surface area contributed by atoms with Crippen molar-refractivity contribution in [3.05, 3.63) is 40.5 Å². The second kappa shape index (κ2) is 7.72. The lowest BCUT2D eigenvalue weighted by Crippen LogP contribution is -2.42. The highest BCUT2D eigenvalue weighted by molar-refractivity contribution is 7.09. The van der Waals surface area contributed by atoms with Gasteiger partial charge in [0.15, 0.2) is 0 Å². The molecule has 24 heavy (non-hydrogen) atoms. The van der Waals surface area contributed by atoms with E-state index in [1.54, 1.807) is 17.5 Å². The van der Waals surface area contributed by atoms with E-state index in [1.807, 2.05) is 17.6 Å². The lowest BCUT2D eigenvalue weighted by molar-refractivity contribution is -0.122. The molecule has 2 aromatic heterocycles. The van der Waals surface area contributed by atoms with Crippen LogP contribution in [0.25, 0.3) is 0 Å². The van der Waals surface area contributed by atoms with Crippen molar-refractivity contribution in [1.29, 1.82) is 0 Å². The van der Waals surface area contributed by atoms with Crippen molar-refractivity contribution in [1.82, 2.24) is 15.3 Å². The molecule has 2 unspecified atom stereocenters. The molecule has 1 saturated heterocycles. The summed E-state index contributed by atoms with van der Waals surface area (Å²) in [7, 11) is 0. The van der Waals surface area contributed by atoms with E-state index in [-0.39, 0.29) is 17.9 Å². The van der Waals surface area contributed by atoms with Gasteiger partial charge in [0.05, 0.1) is 12.0 Å². The molecule has 6 nitrogen and oxygen atoms in total. The van der Waals surface area contributed by atoms with Crippen molar-refractivity contribution in [3.8, 4) is 0 Å². The smallest absolute Gasteiger partial charge is 0.222 e. The highest BCUT2D eigenvalue weighted by atomic mass is 32.1. The number of aromatic nitrogens is 2. The Bertz CT molecular complexity index is 675. The molecule has 0 spiro atoms. The van der Waals surface area contributed by atoms with Gasteiger partial charge in [0.1, 0.15) is 10.8 Å². The normalized spacial score (nSPS) is 19.2. The van der Waals surface area contributed by atoms with Gasteiger partial charge in [-0.05, 0) is 25.8 Å². The molecule has 2 atom stereocenters. The van der Waals surface area contributed by atoms with Crippen molar-refractivity contribution in [2.24, 2.45) is 11.7 Å². The number of nitrogens with one attached hydrogen (secondary N) is 1. The number of rotatable bonds is 6. The predicted molar refractivity (Wildman–Crippen MR) is 95.7 cm³/mol. The summed E-state index contributed by atoms with van der Waals surface area (Å²) in [6.07, 6.45) is 5.46. The van der Waals surface area contributed by atoms with Gasteiger partial charge in [-0.3, -0.25) is 4.79 Å². The third kappa shape index (κ3) is 3.91. The molecule has 0 aliphatic carbocycles. The molecule has 128 valence electrons. The molecule has 1 fully saturated rings. The first-order valence-corrected chi connectivity index (χ1v) is 9.14. The zero-order chi connectivity index (χ0) is 16.9. The van der Waals surface area contributed by atoms with Crippen LogP contribution in [0.1, 0.15) is 36.4 Å². The summed E-state index contributed by atoms with van der Waals surface area (Å²) in [4.78, 5) is 22.6. The van der Waals surface area contributed by atoms with Crippen molar-refractivity contribution in [2.75, 3.05) is 18.0 Å². The number of piperidine rings is 1. The van der Waals surface area contributed by atoms with Crippen LogP contribution < -0.4 is 16.0 Å². The Hall–Kier alpha value is -1.99. The maximum absolute atomic E-state index is 11.5. The fourth-order valence-corrected chi connectivity index (χ4v) is 3.72.